The van der Waals surface area contributed by atoms with Crippen molar-refractivity contribution in [1.82, 2.24) is 20.2 Å². The van der Waals surface area contributed by atoms with Crippen LogP contribution >= 0.6 is 46.6 Å². The molecule has 0 N–H and O–H groups in total. The molecule has 0 amide bonds. The van der Waals surface area contributed by atoms with Crippen molar-refractivity contribution in [2.45, 2.75) is 10.1 Å². The number of pyridine rings is 1. The van der Waals surface area contributed by atoms with E-state index in [1.54, 1.807) is 18.3 Å². The van der Waals surface area contributed by atoms with E-state index >= 15 is 0 Å². The molecule has 0 bridgehead atoms. The van der Waals surface area contributed by atoms with Crippen molar-refractivity contribution in [3.05, 3.63) is 33.8 Å². The summed E-state index contributed by atoms with van der Waals surface area (Å²) >= 11 is 18.5. The van der Waals surface area contributed by atoms with Crippen LogP contribution < -0.4 is 0 Å². The molecule has 2 aromatic heterocycles. The normalized spacial score (nSPS) is 10.4. The van der Waals surface area contributed by atoms with E-state index in [0.717, 1.165) is 0 Å². The van der Waals surface area contributed by atoms with Gasteiger partial charge in [-0.15, -0.1) is 10.2 Å². The zero-order valence-corrected chi connectivity index (χ0v) is 10.6. The summed E-state index contributed by atoms with van der Waals surface area (Å²) < 4.78 is 0. The summed E-state index contributed by atoms with van der Waals surface area (Å²) in [7, 11) is 0. The van der Waals surface area contributed by atoms with Crippen LogP contribution in [0.5, 0.6) is 0 Å². The zero-order valence-electron chi connectivity index (χ0n) is 7.56. The van der Waals surface area contributed by atoms with Gasteiger partial charge in [-0.2, -0.15) is 0 Å². The fraction of sp³-hybridized carbons (Fsp3) is 0. The summed E-state index contributed by atoms with van der Waals surface area (Å²) in [6.45, 7) is 0. The van der Waals surface area contributed by atoms with Crippen LogP contribution in [0.15, 0.2) is 28.4 Å². The standard InChI is InChI=1S/C8H3Cl3N4S/c9-4-2-1-3-12-6(4)16-7-5(10)14-15-8(11)13-7/h1-3H. The van der Waals surface area contributed by atoms with Crippen molar-refractivity contribution in [1.29, 1.82) is 0 Å². The van der Waals surface area contributed by atoms with Gasteiger partial charge < -0.3 is 0 Å². The smallest absolute Gasteiger partial charge is 0.244 e. The molecule has 0 aromatic carbocycles. The second-order valence-electron chi connectivity index (χ2n) is 2.57. The molecule has 2 aromatic rings. The summed E-state index contributed by atoms with van der Waals surface area (Å²) in [5, 5.41) is 8.85. The lowest BCUT2D eigenvalue weighted by atomic mass is 10.5. The van der Waals surface area contributed by atoms with E-state index in [9.17, 15) is 0 Å². The van der Waals surface area contributed by atoms with Gasteiger partial charge in [-0.3, -0.25) is 0 Å². The van der Waals surface area contributed by atoms with Crippen molar-refractivity contribution in [3.63, 3.8) is 0 Å². The molecule has 0 aliphatic heterocycles. The zero-order chi connectivity index (χ0) is 11.5. The Balaban J connectivity index is 2.34. The molecule has 8 heteroatoms. The Morgan fingerprint density at radius 3 is 2.62 bits per heavy atom. The minimum Gasteiger partial charge on any atom is -0.248 e. The number of rotatable bonds is 2. The van der Waals surface area contributed by atoms with Crippen molar-refractivity contribution in [2.24, 2.45) is 0 Å². The molecule has 0 atom stereocenters. The van der Waals surface area contributed by atoms with Crippen LogP contribution in [0.25, 0.3) is 0 Å². The minimum absolute atomic E-state index is 0.0268. The highest BCUT2D eigenvalue weighted by Crippen LogP contribution is 2.33. The van der Waals surface area contributed by atoms with Crippen LogP contribution in [0.1, 0.15) is 0 Å². The van der Waals surface area contributed by atoms with E-state index in [-0.39, 0.29) is 10.4 Å². The van der Waals surface area contributed by atoms with Gasteiger partial charge in [-0.1, -0.05) is 23.2 Å². The third-order valence-electron chi connectivity index (χ3n) is 1.51. The molecule has 4 nitrogen and oxygen atoms in total. The van der Waals surface area contributed by atoms with Crippen LogP contribution in [0.2, 0.25) is 15.5 Å². The predicted octanol–water partition coefficient (Wildman–Crippen LogP) is 3.38. The first-order chi connectivity index (χ1) is 7.66. The third-order valence-corrected chi connectivity index (χ3v) is 3.45. The van der Waals surface area contributed by atoms with Crippen LogP contribution in [-0.2, 0) is 0 Å². The van der Waals surface area contributed by atoms with Crippen LogP contribution in [0.3, 0.4) is 0 Å². The second-order valence-corrected chi connectivity index (χ2v) is 4.65. The number of nitrogens with zero attached hydrogens (tertiary/aromatic N) is 4. The first-order valence-electron chi connectivity index (χ1n) is 4.01. The number of aromatic nitrogens is 4. The van der Waals surface area contributed by atoms with Gasteiger partial charge in [0.05, 0.1) is 5.02 Å². The van der Waals surface area contributed by atoms with Gasteiger partial charge in [0.1, 0.15) is 10.1 Å². The fourth-order valence-corrected chi connectivity index (χ4v) is 2.21. The van der Waals surface area contributed by atoms with Gasteiger partial charge in [0.15, 0.2) is 5.15 Å². The molecule has 0 saturated heterocycles. The number of halogens is 3. The lowest BCUT2D eigenvalue weighted by molar-refractivity contribution is 0.903. The molecule has 0 fully saturated rings. The summed E-state index contributed by atoms with van der Waals surface area (Å²) in [5.41, 5.74) is 0. The molecule has 2 heterocycles. The monoisotopic (exact) mass is 292 g/mol. The average Bonchev–Trinajstić information content (AvgIpc) is 2.27. The largest absolute Gasteiger partial charge is 0.248 e. The highest BCUT2D eigenvalue weighted by molar-refractivity contribution is 7.99. The van der Waals surface area contributed by atoms with Crippen molar-refractivity contribution in [2.75, 3.05) is 0 Å². The van der Waals surface area contributed by atoms with E-state index in [4.69, 9.17) is 34.8 Å². The molecule has 82 valence electrons. The number of hydrogen-bond acceptors (Lipinski definition) is 5. The van der Waals surface area contributed by atoms with Crippen molar-refractivity contribution < 1.29 is 0 Å². The van der Waals surface area contributed by atoms with Crippen LogP contribution in [-0.4, -0.2) is 20.2 Å². The van der Waals surface area contributed by atoms with Crippen molar-refractivity contribution in [3.8, 4) is 0 Å². The van der Waals surface area contributed by atoms with E-state index in [1.807, 2.05) is 0 Å². The average molecular weight is 294 g/mol. The van der Waals surface area contributed by atoms with E-state index in [1.165, 1.54) is 11.8 Å². The molecule has 0 aliphatic rings. The van der Waals surface area contributed by atoms with Gasteiger partial charge in [0, 0.05) is 6.20 Å². The molecule has 0 unspecified atom stereocenters. The first kappa shape index (κ1) is 11.9. The summed E-state index contributed by atoms with van der Waals surface area (Å²) in [5.74, 6) is 0. The molecule has 0 saturated carbocycles. The van der Waals surface area contributed by atoms with Crippen molar-refractivity contribution >= 4 is 46.6 Å². The maximum Gasteiger partial charge on any atom is 0.244 e. The molecule has 0 spiro atoms. The second kappa shape index (κ2) is 5.14. The highest BCUT2D eigenvalue weighted by Gasteiger charge is 2.11. The van der Waals surface area contributed by atoms with Gasteiger partial charge in [-0.25, -0.2) is 9.97 Å². The maximum atomic E-state index is 5.94. The predicted molar refractivity (Wildman–Crippen MR) is 63.2 cm³/mol. The molecule has 0 aliphatic carbocycles. The quantitative estimate of drug-likeness (QED) is 0.849. The third kappa shape index (κ3) is 2.74. The maximum absolute atomic E-state index is 5.94. The Labute approximate surface area is 110 Å². The Morgan fingerprint density at radius 1 is 1.06 bits per heavy atom. The van der Waals surface area contributed by atoms with E-state index < -0.39 is 0 Å². The van der Waals surface area contributed by atoms with Crippen LogP contribution in [0.4, 0.5) is 0 Å². The fourth-order valence-electron chi connectivity index (χ4n) is 0.883. The molecular formula is C8H3Cl3N4S. The Bertz CT molecular complexity index is 522. The van der Waals surface area contributed by atoms with Gasteiger partial charge >= 0.3 is 0 Å². The van der Waals surface area contributed by atoms with Gasteiger partial charge in [-0.05, 0) is 35.5 Å². The van der Waals surface area contributed by atoms with E-state index in [0.29, 0.717) is 15.1 Å². The minimum atomic E-state index is 0.0268. The first-order valence-corrected chi connectivity index (χ1v) is 5.96. The summed E-state index contributed by atoms with van der Waals surface area (Å²) in [6, 6.07) is 3.46. The highest BCUT2D eigenvalue weighted by atomic mass is 35.5. The molecule has 16 heavy (non-hydrogen) atoms. The number of hydrogen-bond donors (Lipinski definition) is 0. The molecule has 2 rings (SSSR count). The summed E-state index contributed by atoms with van der Waals surface area (Å²) in [6.07, 6.45) is 1.62. The lowest BCUT2D eigenvalue weighted by Gasteiger charge is -2.02. The topological polar surface area (TPSA) is 51.6 Å². The Kier molecular flexibility index (Phi) is 3.81. The van der Waals surface area contributed by atoms with Gasteiger partial charge in [0.2, 0.25) is 5.28 Å². The molecular weight excluding hydrogens is 291 g/mol. The molecule has 0 radical (unpaired) electrons. The Morgan fingerprint density at radius 2 is 1.88 bits per heavy atom. The lowest BCUT2D eigenvalue weighted by Crippen LogP contribution is -1.92. The summed E-state index contributed by atoms with van der Waals surface area (Å²) in [4.78, 5) is 8.02. The van der Waals surface area contributed by atoms with Crippen LogP contribution in [0, 0.1) is 0 Å². The Hall–Kier alpha value is -0.620. The van der Waals surface area contributed by atoms with E-state index in [2.05, 4.69) is 20.2 Å². The van der Waals surface area contributed by atoms with Gasteiger partial charge in [0.25, 0.3) is 0 Å². The SMILES string of the molecule is Clc1nnc(Cl)c(Sc2ncccc2Cl)n1.